The van der Waals surface area contributed by atoms with Gasteiger partial charge in [-0.05, 0) is 6.92 Å². The van der Waals surface area contributed by atoms with Crippen LogP contribution in [0.1, 0.15) is 22.5 Å². The second kappa shape index (κ2) is 5.03. The van der Waals surface area contributed by atoms with E-state index in [9.17, 15) is 14.4 Å². The number of rotatable bonds is 1. The van der Waals surface area contributed by atoms with Crippen molar-refractivity contribution in [2.24, 2.45) is 0 Å². The van der Waals surface area contributed by atoms with Crippen molar-refractivity contribution >= 4 is 11.8 Å². The number of carbonyl (C=O) groups is 2. The zero-order valence-electron chi connectivity index (χ0n) is 10.2. The van der Waals surface area contributed by atoms with E-state index in [1.165, 1.54) is 17.2 Å². The Kier molecular flexibility index (Phi) is 3.45. The zero-order valence-corrected chi connectivity index (χ0v) is 10.2. The summed E-state index contributed by atoms with van der Waals surface area (Å²) < 4.78 is 0. The molecule has 1 aliphatic heterocycles. The van der Waals surface area contributed by atoms with Crippen LogP contribution in [0.25, 0.3) is 0 Å². The van der Waals surface area contributed by atoms with Gasteiger partial charge >= 0.3 is 0 Å². The van der Waals surface area contributed by atoms with Crippen LogP contribution in [0.15, 0.2) is 17.1 Å². The highest BCUT2D eigenvalue weighted by atomic mass is 16.2. The number of carbonyl (C=O) groups excluding carboxylic acids is 2. The minimum Gasteiger partial charge on any atom is -0.364 e. The molecular weight excluding hydrogens is 234 g/mol. The van der Waals surface area contributed by atoms with Gasteiger partial charge in [0.05, 0.1) is 0 Å². The van der Waals surface area contributed by atoms with Gasteiger partial charge in [0, 0.05) is 44.0 Å². The molecule has 2 amide bonds. The summed E-state index contributed by atoms with van der Waals surface area (Å²) >= 11 is 0. The lowest BCUT2D eigenvalue weighted by Crippen LogP contribution is -2.36. The molecule has 1 aromatic rings. The molecule has 0 aliphatic carbocycles. The van der Waals surface area contributed by atoms with Crippen molar-refractivity contribution in [3.05, 3.63) is 33.7 Å². The van der Waals surface area contributed by atoms with Crippen LogP contribution >= 0.6 is 0 Å². The number of hydrogen-bond donors (Lipinski definition) is 2. The van der Waals surface area contributed by atoms with E-state index in [1.807, 2.05) is 0 Å². The van der Waals surface area contributed by atoms with Crippen molar-refractivity contribution in [2.75, 3.05) is 19.6 Å². The number of H-pyrrole nitrogens is 1. The largest absolute Gasteiger partial charge is 0.364 e. The molecule has 6 nitrogen and oxygen atoms in total. The average Bonchev–Trinajstić information content (AvgIpc) is 2.53. The molecule has 1 aliphatic rings. The minimum atomic E-state index is -0.326. The Morgan fingerprint density at radius 2 is 2.11 bits per heavy atom. The third kappa shape index (κ3) is 2.58. The van der Waals surface area contributed by atoms with Crippen molar-refractivity contribution in [3.8, 4) is 0 Å². The van der Waals surface area contributed by atoms with E-state index in [0.29, 0.717) is 25.3 Å². The van der Waals surface area contributed by atoms with Crippen molar-refractivity contribution < 1.29 is 9.59 Å². The number of hydrogen-bond acceptors (Lipinski definition) is 3. The topological polar surface area (TPSA) is 82.3 Å². The van der Waals surface area contributed by atoms with Crippen molar-refractivity contribution in [2.45, 2.75) is 13.3 Å². The highest BCUT2D eigenvalue weighted by Crippen LogP contribution is 2.03. The SMILES string of the molecule is Cc1cc(=O)c(C(=O)N2CCNC(=O)CC2)c[nH]1. The molecule has 6 heteroatoms. The highest BCUT2D eigenvalue weighted by Gasteiger charge is 2.21. The second-order valence-corrected chi connectivity index (χ2v) is 4.29. The number of aryl methyl sites for hydroxylation is 1. The van der Waals surface area contributed by atoms with Crippen LogP contribution in [0.3, 0.4) is 0 Å². The average molecular weight is 249 g/mol. The van der Waals surface area contributed by atoms with Crippen LogP contribution in [0.4, 0.5) is 0 Å². The molecule has 1 fully saturated rings. The fraction of sp³-hybridized carbons (Fsp3) is 0.417. The maximum atomic E-state index is 12.2. The monoisotopic (exact) mass is 249 g/mol. The van der Waals surface area contributed by atoms with Gasteiger partial charge in [0.15, 0.2) is 5.43 Å². The maximum absolute atomic E-state index is 12.2. The Labute approximate surface area is 104 Å². The number of nitrogens with zero attached hydrogens (tertiary/aromatic N) is 1. The molecule has 1 saturated heterocycles. The van der Waals surface area contributed by atoms with Crippen molar-refractivity contribution in [1.29, 1.82) is 0 Å². The third-order valence-corrected chi connectivity index (χ3v) is 2.89. The first kappa shape index (κ1) is 12.3. The van der Waals surface area contributed by atoms with Crippen LogP contribution in [-0.4, -0.2) is 41.3 Å². The maximum Gasteiger partial charge on any atom is 0.259 e. The summed E-state index contributed by atoms with van der Waals surface area (Å²) in [6.45, 7) is 2.95. The second-order valence-electron chi connectivity index (χ2n) is 4.29. The normalized spacial score (nSPS) is 16.1. The fourth-order valence-electron chi connectivity index (χ4n) is 1.88. The van der Waals surface area contributed by atoms with E-state index in [4.69, 9.17) is 0 Å². The van der Waals surface area contributed by atoms with Crippen molar-refractivity contribution in [3.63, 3.8) is 0 Å². The predicted molar refractivity (Wildman–Crippen MR) is 65.3 cm³/mol. The highest BCUT2D eigenvalue weighted by molar-refractivity contribution is 5.94. The van der Waals surface area contributed by atoms with Gasteiger partial charge in [-0.1, -0.05) is 0 Å². The van der Waals surface area contributed by atoms with Gasteiger partial charge in [0.25, 0.3) is 5.91 Å². The van der Waals surface area contributed by atoms with Crippen LogP contribution in [0, 0.1) is 6.92 Å². The molecular formula is C12H15N3O3. The standard InChI is InChI=1S/C12H15N3O3/c1-8-6-10(16)9(7-14-8)12(18)15-4-2-11(17)13-3-5-15/h6-7H,2-5H2,1H3,(H,13,17)(H,14,16). The van der Waals surface area contributed by atoms with Gasteiger partial charge in [-0.25, -0.2) is 0 Å². The molecule has 2 heterocycles. The van der Waals surface area contributed by atoms with E-state index in [-0.39, 0.29) is 29.2 Å². The van der Waals surface area contributed by atoms with Crippen LogP contribution < -0.4 is 10.7 Å². The van der Waals surface area contributed by atoms with Gasteiger partial charge in [-0.3, -0.25) is 14.4 Å². The molecule has 1 aromatic heterocycles. The first-order valence-electron chi connectivity index (χ1n) is 5.83. The van der Waals surface area contributed by atoms with Gasteiger partial charge in [-0.2, -0.15) is 0 Å². The van der Waals surface area contributed by atoms with Crippen LogP contribution in [0.5, 0.6) is 0 Å². The Hall–Kier alpha value is -2.11. The van der Waals surface area contributed by atoms with E-state index in [0.717, 1.165) is 0 Å². The van der Waals surface area contributed by atoms with Gasteiger partial charge in [0.1, 0.15) is 5.56 Å². The van der Waals surface area contributed by atoms with E-state index in [1.54, 1.807) is 6.92 Å². The molecule has 0 unspecified atom stereocenters. The summed E-state index contributed by atoms with van der Waals surface area (Å²) in [6, 6.07) is 1.40. The van der Waals surface area contributed by atoms with E-state index in [2.05, 4.69) is 10.3 Å². The number of pyridine rings is 1. The van der Waals surface area contributed by atoms with Gasteiger partial charge in [0.2, 0.25) is 5.91 Å². The molecule has 18 heavy (non-hydrogen) atoms. The summed E-state index contributed by atoms with van der Waals surface area (Å²) in [5.74, 6) is -0.393. The molecule has 0 atom stereocenters. The molecule has 0 radical (unpaired) electrons. The van der Waals surface area contributed by atoms with Crippen molar-refractivity contribution in [1.82, 2.24) is 15.2 Å². The quantitative estimate of drug-likeness (QED) is 0.713. The minimum absolute atomic E-state index is 0.0666. The molecule has 2 rings (SSSR count). The predicted octanol–water partition coefficient (Wildman–Crippen LogP) is -0.355. The zero-order chi connectivity index (χ0) is 13.1. The molecule has 0 aromatic carbocycles. The Balaban J connectivity index is 2.20. The molecule has 0 spiro atoms. The first-order valence-corrected chi connectivity index (χ1v) is 5.83. The molecule has 96 valence electrons. The summed E-state index contributed by atoms with van der Waals surface area (Å²) in [5, 5.41) is 2.69. The van der Waals surface area contributed by atoms with E-state index < -0.39 is 0 Å². The van der Waals surface area contributed by atoms with E-state index >= 15 is 0 Å². The number of nitrogens with one attached hydrogen (secondary N) is 2. The lowest BCUT2D eigenvalue weighted by atomic mass is 10.2. The molecule has 0 bridgehead atoms. The molecule has 2 N–H and O–H groups in total. The fourth-order valence-corrected chi connectivity index (χ4v) is 1.88. The third-order valence-electron chi connectivity index (χ3n) is 2.89. The Morgan fingerprint density at radius 1 is 1.33 bits per heavy atom. The smallest absolute Gasteiger partial charge is 0.259 e. The summed E-state index contributed by atoms with van der Waals surface area (Å²) in [6.07, 6.45) is 1.70. The lowest BCUT2D eigenvalue weighted by molar-refractivity contribution is -0.120. The number of aromatic amines is 1. The Bertz CT molecular complexity index is 536. The van der Waals surface area contributed by atoms with Crippen LogP contribution in [0.2, 0.25) is 0 Å². The lowest BCUT2D eigenvalue weighted by Gasteiger charge is -2.18. The van der Waals surface area contributed by atoms with Crippen LogP contribution in [-0.2, 0) is 4.79 Å². The summed E-state index contributed by atoms with van der Waals surface area (Å²) in [7, 11) is 0. The van der Waals surface area contributed by atoms with Gasteiger partial charge in [-0.15, -0.1) is 0 Å². The summed E-state index contributed by atoms with van der Waals surface area (Å²) in [5.41, 5.74) is 0.541. The Morgan fingerprint density at radius 3 is 2.83 bits per heavy atom. The van der Waals surface area contributed by atoms with Gasteiger partial charge < -0.3 is 15.2 Å². The molecule has 0 saturated carbocycles. The first-order chi connectivity index (χ1) is 8.58. The number of amides is 2. The summed E-state index contributed by atoms with van der Waals surface area (Å²) in [4.78, 5) is 39.4. The number of aromatic nitrogens is 1.